The summed E-state index contributed by atoms with van der Waals surface area (Å²) in [5.41, 5.74) is 4.52. The molecule has 3 N–H and O–H groups in total. The Balaban J connectivity index is 2.24. The molecular weight excluding hydrogens is 229 g/mol. The van der Waals surface area contributed by atoms with Gasteiger partial charge in [0.2, 0.25) is 0 Å². The second kappa shape index (κ2) is 6.61. The molecule has 0 bridgehead atoms. The molecule has 0 aromatic carbocycles. The number of hydrogen-bond donors (Lipinski definition) is 2. The lowest BCUT2D eigenvalue weighted by Gasteiger charge is -2.22. The summed E-state index contributed by atoms with van der Waals surface area (Å²) in [4.78, 5) is 3.78. The fourth-order valence-electron chi connectivity index (χ4n) is 2.50. The average Bonchev–Trinajstić information content (AvgIpc) is 2.34. The van der Waals surface area contributed by atoms with Crippen molar-refractivity contribution < 1.29 is 4.39 Å². The quantitative estimate of drug-likeness (QED) is 0.492. The molecule has 1 unspecified atom stereocenters. The van der Waals surface area contributed by atoms with Crippen molar-refractivity contribution in [3.8, 4) is 0 Å². The van der Waals surface area contributed by atoms with Gasteiger partial charge in [-0.05, 0) is 31.7 Å². The number of halogens is 1. The maximum Gasteiger partial charge on any atom is 0.146 e. The second-order valence-electron chi connectivity index (χ2n) is 4.73. The Labute approximate surface area is 107 Å². The third-order valence-electron chi connectivity index (χ3n) is 3.48. The Morgan fingerprint density at radius 3 is 2.89 bits per heavy atom. The van der Waals surface area contributed by atoms with Crippen LogP contribution in [0.5, 0.6) is 0 Å². The van der Waals surface area contributed by atoms with Crippen molar-refractivity contribution in [2.75, 3.05) is 0 Å². The Morgan fingerprint density at radius 1 is 1.28 bits per heavy atom. The molecule has 98 valence electrons. The van der Waals surface area contributed by atoms with Crippen LogP contribution < -0.4 is 11.3 Å². The van der Waals surface area contributed by atoms with Crippen LogP contribution in [-0.2, 0) is 0 Å². The summed E-state index contributed by atoms with van der Waals surface area (Å²) in [6.45, 7) is 0. The largest absolute Gasteiger partial charge is 0.271 e. The second-order valence-corrected chi connectivity index (χ2v) is 4.73. The van der Waals surface area contributed by atoms with E-state index in [0.717, 1.165) is 19.3 Å². The monoisotopic (exact) mass is 249 g/mol. The van der Waals surface area contributed by atoms with Gasteiger partial charge < -0.3 is 0 Å². The zero-order valence-electron chi connectivity index (χ0n) is 10.5. The van der Waals surface area contributed by atoms with Gasteiger partial charge in [-0.3, -0.25) is 10.8 Å². The topological polar surface area (TPSA) is 50.9 Å². The fraction of sp³-hybridized carbons (Fsp3) is 0.500. The molecule has 4 heteroatoms. The van der Waals surface area contributed by atoms with Gasteiger partial charge >= 0.3 is 0 Å². The van der Waals surface area contributed by atoms with Crippen molar-refractivity contribution in [1.82, 2.24) is 10.4 Å². The molecule has 1 aliphatic rings. The highest BCUT2D eigenvalue weighted by molar-refractivity contribution is 5.27. The third-order valence-corrected chi connectivity index (χ3v) is 3.48. The van der Waals surface area contributed by atoms with Crippen LogP contribution in [0.4, 0.5) is 4.39 Å². The number of allylic oxidation sites excluding steroid dienone is 1. The van der Waals surface area contributed by atoms with E-state index in [1.165, 1.54) is 31.0 Å². The molecule has 0 fully saturated rings. The summed E-state index contributed by atoms with van der Waals surface area (Å²) in [6.07, 6.45) is 12.0. The number of pyridine rings is 1. The molecule has 0 saturated heterocycles. The number of nitrogens with one attached hydrogen (secondary N) is 1. The predicted octanol–water partition coefficient (Wildman–Crippen LogP) is 3.01. The molecule has 0 spiro atoms. The number of nitrogens with two attached hydrogens (primary N) is 1. The maximum absolute atomic E-state index is 13.8. The van der Waals surface area contributed by atoms with Gasteiger partial charge in [0.25, 0.3) is 0 Å². The molecule has 1 heterocycles. The predicted molar refractivity (Wildman–Crippen MR) is 70.0 cm³/mol. The molecule has 1 atom stereocenters. The number of hydrazine groups is 1. The van der Waals surface area contributed by atoms with Gasteiger partial charge in [-0.15, -0.1) is 0 Å². The first kappa shape index (κ1) is 13.2. The van der Waals surface area contributed by atoms with Crippen LogP contribution in [0.15, 0.2) is 30.1 Å². The Hall–Kier alpha value is -1.26. The van der Waals surface area contributed by atoms with E-state index >= 15 is 0 Å². The Bertz CT molecular complexity index is 417. The van der Waals surface area contributed by atoms with Gasteiger partial charge in [-0.1, -0.05) is 24.5 Å². The van der Waals surface area contributed by atoms with Gasteiger partial charge in [0.1, 0.15) is 5.82 Å². The highest BCUT2D eigenvalue weighted by Crippen LogP contribution is 2.29. The van der Waals surface area contributed by atoms with Crippen LogP contribution in [-0.4, -0.2) is 4.98 Å². The summed E-state index contributed by atoms with van der Waals surface area (Å²) in [7, 11) is 0. The van der Waals surface area contributed by atoms with Crippen molar-refractivity contribution in [1.29, 1.82) is 0 Å². The number of hydrogen-bond acceptors (Lipinski definition) is 3. The highest BCUT2D eigenvalue weighted by Gasteiger charge is 2.19. The standard InChI is InChI=1S/C14H20FN3/c15-13-10-17-9-8-12(13)14(18-16)11-6-4-2-1-3-5-7-11/h6,8-10,14,18H,1-5,7,16H2/b11-6+. The summed E-state index contributed by atoms with van der Waals surface area (Å²) in [5, 5.41) is 0. The lowest BCUT2D eigenvalue weighted by molar-refractivity contribution is 0.522. The van der Waals surface area contributed by atoms with Crippen molar-refractivity contribution >= 4 is 0 Å². The lowest BCUT2D eigenvalue weighted by Crippen LogP contribution is -2.30. The van der Waals surface area contributed by atoms with Crippen LogP contribution >= 0.6 is 0 Å². The van der Waals surface area contributed by atoms with Crippen molar-refractivity contribution in [3.63, 3.8) is 0 Å². The van der Waals surface area contributed by atoms with Crippen molar-refractivity contribution in [2.45, 2.75) is 44.6 Å². The summed E-state index contributed by atoms with van der Waals surface area (Å²) in [5.74, 6) is 5.31. The van der Waals surface area contributed by atoms with Gasteiger partial charge in [-0.25, -0.2) is 9.82 Å². The number of aromatic nitrogens is 1. The van der Waals surface area contributed by atoms with Crippen LogP contribution in [0, 0.1) is 5.82 Å². The number of rotatable bonds is 3. The molecule has 0 saturated carbocycles. The molecule has 1 aromatic heterocycles. The molecule has 0 radical (unpaired) electrons. The zero-order valence-corrected chi connectivity index (χ0v) is 10.5. The minimum atomic E-state index is -0.302. The minimum Gasteiger partial charge on any atom is -0.271 e. The minimum absolute atomic E-state index is 0.230. The molecule has 18 heavy (non-hydrogen) atoms. The van der Waals surface area contributed by atoms with Gasteiger partial charge in [0.05, 0.1) is 12.2 Å². The fourth-order valence-corrected chi connectivity index (χ4v) is 2.50. The molecule has 3 nitrogen and oxygen atoms in total. The van der Waals surface area contributed by atoms with Crippen molar-refractivity contribution in [3.05, 3.63) is 41.5 Å². The Morgan fingerprint density at radius 2 is 2.11 bits per heavy atom. The van der Waals surface area contributed by atoms with Crippen LogP contribution in [0.25, 0.3) is 0 Å². The first-order valence-electron chi connectivity index (χ1n) is 6.57. The van der Waals surface area contributed by atoms with Crippen LogP contribution in [0.1, 0.15) is 50.1 Å². The van der Waals surface area contributed by atoms with E-state index in [1.54, 1.807) is 12.3 Å². The highest BCUT2D eigenvalue weighted by atomic mass is 19.1. The summed E-state index contributed by atoms with van der Waals surface area (Å²) < 4.78 is 13.8. The maximum atomic E-state index is 13.8. The van der Waals surface area contributed by atoms with E-state index in [4.69, 9.17) is 5.84 Å². The van der Waals surface area contributed by atoms with Crippen molar-refractivity contribution in [2.24, 2.45) is 5.84 Å². The molecule has 0 aliphatic heterocycles. The van der Waals surface area contributed by atoms with Gasteiger partial charge in [0, 0.05) is 11.8 Å². The summed E-state index contributed by atoms with van der Waals surface area (Å²) >= 11 is 0. The lowest BCUT2D eigenvalue weighted by atomic mass is 9.91. The molecule has 1 aromatic rings. The summed E-state index contributed by atoms with van der Waals surface area (Å²) in [6, 6.07) is 1.46. The normalized spacial score (nSPS) is 21.6. The van der Waals surface area contributed by atoms with E-state index in [9.17, 15) is 4.39 Å². The van der Waals surface area contributed by atoms with Crippen LogP contribution in [0.2, 0.25) is 0 Å². The van der Waals surface area contributed by atoms with Gasteiger partial charge in [0.15, 0.2) is 0 Å². The van der Waals surface area contributed by atoms with Crippen LogP contribution in [0.3, 0.4) is 0 Å². The third kappa shape index (κ3) is 3.15. The molecule has 0 amide bonds. The molecule has 2 rings (SSSR count). The van der Waals surface area contributed by atoms with E-state index in [2.05, 4.69) is 16.5 Å². The van der Waals surface area contributed by atoms with Gasteiger partial charge in [-0.2, -0.15) is 0 Å². The Kier molecular flexibility index (Phi) is 4.84. The molecular formula is C14H20FN3. The van der Waals surface area contributed by atoms with E-state index < -0.39 is 0 Å². The molecule has 1 aliphatic carbocycles. The zero-order chi connectivity index (χ0) is 12.8. The van der Waals surface area contributed by atoms with E-state index in [0.29, 0.717) is 5.56 Å². The number of nitrogens with zero attached hydrogens (tertiary/aromatic N) is 1. The average molecular weight is 249 g/mol. The first-order valence-corrected chi connectivity index (χ1v) is 6.57. The van der Waals surface area contributed by atoms with E-state index in [-0.39, 0.29) is 11.9 Å². The first-order chi connectivity index (χ1) is 8.83. The smallest absolute Gasteiger partial charge is 0.146 e. The van der Waals surface area contributed by atoms with E-state index in [1.807, 2.05) is 0 Å². The SMILES string of the molecule is NNC(/C1=C/CCCCCC1)c1ccncc1F.